The van der Waals surface area contributed by atoms with Gasteiger partial charge in [-0.25, -0.2) is 8.42 Å². The van der Waals surface area contributed by atoms with Gasteiger partial charge in [0.1, 0.15) is 5.84 Å². The van der Waals surface area contributed by atoms with E-state index in [1.807, 2.05) is 37.3 Å². The topological polar surface area (TPSA) is 87.6 Å². The maximum absolute atomic E-state index is 12.5. The van der Waals surface area contributed by atoms with Crippen molar-refractivity contribution in [3.05, 3.63) is 66.2 Å². The van der Waals surface area contributed by atoms with E-state index < -0.39 is 10.0 Å². The molecule has 28 heavy (non-hydrogen) atoms. The fourth-order valence-electron chi connectivity index (χ4n) is 2.96. The minimum Gasteiger partial charge on any atom is -0.322 e. The molecule has 146 valence electrons. The van der Waals surface area contributed by atoms with Gasteiger partial charge in [0.2, 0.25) is 5.91 Å². The summed E-state index contributed by atoms with van der Waals surface area (Å²) in [6, 6.07) is 15.9. The largest absolute Gasteiger partial charge is 0.322 e. The third-order valence-corrected chi connectivity index (χ3v) is 5.75. The van der Waals surface area contributed by atoms with Crippen LogP contribution in [0.1, 0.15) is 31.7 Å². The molecule has 0 saturated heterocycles. The second kappa shape index (κ2) is 8.84. The van der Waals surface area contributed by atoms with Gasteiger partial charge in [0.05, 0.1) is 4.90 Å². The highest BCUT2D eigenvalue weighted by Crippen LogP contribution is 2.19. The van der Waals surface area contributed by atoms with Gasteiger partial charge in [0.15, 0.2) is 0 Å². The van der Waals surface area contributed by atoms with Crippen LogP contribution >= 0.6 is 0 Å². The van der Waals surface area contributed by atoms with Gasteiger partial charge in [-0.15, -0.1) is 0 Å². The lowest BCUT2D eigenvalue weighted by Crippen LogP contribution is -2.29. The molecule has 0 bridgehead atoms. The van der Waals surface area contributed by atoms with Crippen LogP contribution in [0.4, 0.5) is 5.69 Å². The van der Waals surface area contributed by atoms with E-state index in [2.05, 4.69) is 15.0 Å². The van der Waals surface area contributed by atoms with Crippen LogP contribution < -0.4 is 10.0 Å². The average Bonchev–Trinajstić information content (AvgIpc) is 3.19. The number of sulfonamides is 1. The number of hydrogen-bond donors (Lipinski definition) is 2. The molecule has 1 heterocycles. The summed E-state index contributed by atoms with van der Waals surface area (Å²) in [4.78, 5) is 16.6. The highest BCUT2D eigenvalue weighted by Gasteiger charge is 2.18. The highest BCUT2D eigenvalue weighted by atomic mass is 32.2. The fraction of sp³-hybridized carbons (Fsp3) is 0.238. The van der Waals surface area contributed by atoms with Crippen LogP contribution in [-0.4, -0.2) is 26.7 Å². The zero-order valence-corrected chi connectivity index (χ0v) is 16.5. The third-order valence-electron chi connectivity index (χ3n) is 4.37. The predicted octanol–water partition coefficient (Wildman–Crippen LogP) is 3.59. The molecule has 1 amide bonds. The quantitative estimate of drug-likeness (QED) is 0.730. The first-order valence-electron chi connectivity index (χ1n) is 9.21. The van der Waals surface area contributed by atoms with E-state index in [1.54, 1.807) is 18.2 Å². The summed E-state index contributed by atoms with van der Waals surface area (Å²) in [7, 11) is -3.72. The van der Waals surface area contributed by atoms with Gasteiger partial charge in [-0.05, 0) is 42.2 Å². The van der Waals surface area contributed by atoms with E-state index in [9.17, 15) is 13.2 Å². The molecule has 0 spiro atoms. The van der Waals surface area contributed by atoms with Crippen LogP contribution in [0.25, 0.3) is 5.57 Å². The molecule has 0 aromatic heterocycles. The fourth-order valence-corrected chi connectivity index (χ4v) is 4.09. The van der Waals surface area contributed by atoms with Crippen molar-refractivity contribution in [2.75, 3.05) is 11.9 Å². The molecular weight excluding hydrogens is 374 g/mol. The van der Waals surface area contributed by atoms with Crippen LogP contribution in [0.3, 0.4) is 0 Å². The minimum atomic E-state index is -3.72. The SMILES string of the molecule is CC/C(=C/C(=O)Nc1cccc(S(=O)(=O)NC2=NCCC2)c1)c1ccccc1. The molecule has 1 aliphatic heterocycles. The molecule has 2 aromatic carbocycles. The Labute approximate surface area is 165 Å². The molecule has 1 aliphatic rings. The number of benzene rings is 2. The van der Waals surface area contributed by atoms with Gasteiger partial charge in [-0.3, -0.25) is 14.5 Å². The zero-order chi connectivity index (χ0) is 20.0. The second-order valence-corrected chi connectivity index (χ2v) is 8.13. The number of anilines is 1. The van der Waals surface area contributed by atoms with Crippen molar-refractivity contribution in [3.8, 4) is 0 Å². The predicted molar refractivity (Wildman–Crippen MR) is 112 cm³/mol. The van der Waals surface area contributed by atoms with Gasteiger partial charge in [-0.2, -0.15) is 0 Å². The Morgan fingerprint density at radius 1 is 1.14 bits per heavy atom. The van der Waals surface area contributed by atoms with E-state index in [0.29, 0.717) is 30.9 Å². The number of nitrogens with zero attached hydrogens (tertiary/aromatic N) is 1. The van der Waals surface area contributed by atoms with Gasteiger partial charge < -0.3 is 5.32 Å². The second-order valence-electron chi connectivity index (χ2n) is 6.44. The summed E-state index contributed by atoms with van der Waals surface area (Å²) >= 11 is 0. The summed E-state index contributed by atoms with van der Waals surface area (Å²) in [5, 5.41) is 2.74. The highest BCUT2D eigenvalue weighted by molar-refractivity contribution is 7.90. The maximum atomic E-state index is 12.5. The molecule has 0 fully saturated rings. The Kier molecular flexibility index (Phi) is 6.26. The molecule has 6 nitrogen and oxygen atoms in total. The summed E-state index contributed by atoms with van der Waals surface area (Å²) < 4.78 is 27.5. The molecule has 2 aromatic rings. The molecule has 2 N–H and O–H groups in total. The lowest BCUT2D eigenvalue weighted by molar-refractivity contribution is -0.111. The minimum absolute atomic E-state index is 0.0858. The van der Waals surface area contributed by atoms with Crippen molar-refractivity contribution in [1.82, 2.24) is 4.72 Å². The number of allylic oxidation sites excluding steroid dienone is 1. The van der Waals surface area contributed by atoms with E-state index >= 15 is 0 Å². The molecular formula is C21H23N3O3S. The normalized spacial score (nSPS) is 14.5. The van der Waals surface area contributed by atoms with Crippen molar-refractivity contribution in [2.24, 2.45) is 4.99 Å². The number of hydrogen-bond acceptors (Lipinski definition) is 4. The Bertz CT molecular complexity index is 1010. The molecule has 0 saturated carbocycles. The first-order chi connectivity index (χ1) is 13.5. The van der Waals surface area contributed by atoms with Crippen molar-refractivity contribution >= 4 is 33.0 Å². The molecule has 0 radical (unpaired) electrons. The van der Waals surface area contributed by atoms with E-state index in [4.69, 9.17) is 0 Å². The van der Waals surface area contributed by atoms with E-state index in [0.717, 1.165) is 17.6 Å². The number of carbonyl (C=O) groups excluding carboxylic acids is 1. The lowest BCUT2D eigenvalue weighted by Gasteiger charge is -2.10. The molecule has 0 aliphatic carbocycles. The van der Waals surface area contributed by atoms with E-state index in [1.165, 1.54) is 12.1 Å². The maximum Gasteiger partial charge on any atom is 0.262 e. The number of carbonyl (C=O) groups is 1. The molecule has 3 rings (SSSR count). The third kappa shape index (κ3) is 5.07. The Morgan fingerprint density at radius 3 is 2.61 bits per heavy atom. The molecule has 0 atom stereocenters. The van der Waals surface area contributed by atoms with Crippen molar-refractivity contribution in [2.45, 2.75) is 31.1 Å². The standard InChI is InChI=1S/C21H23N3O3S/c1-2-16(17-8-4-3-5-9-17)14-21(25)23-18-10-6-11-19(15-18)28(26,27)24-20-12-7-13-22-20/h3-6,8-11,14-15H,2,7,12-13H2,1H3,(H,22,24)(H,23,25)/b16-14-. The number of nitrogens with one attached hydrogen (secondary N) is 2. The Balaban J connectivity index is 1.75. The molecule has 0 unspecified atom stereocenters. The van der Waals surface area contributed by atoms with Crippen LogP contribution in [-0.2, 0) is 14.8 Å². The monoisotopic (exact) mass is 397 g/mol. The zero-order valence-electron chi connectivity index (χ0n) is 15.7. The first kappa shape index (κ1) is 19.8. The smallest absolute Gasteiger partial charge is 0.262 e. The molecule has 7 heteroatoms. The first-order valence-corrected chi connectivity index (χ1v) is 10.7. The summed E-state index contributed by atoms with van der Waals surface area (Å²) in [5.74, 6) is 0.177. The van der Waals surface area contributed by atoms with Crippen LogP contribution in [0, 0.1) is 0 Å². The summed E-state index contributed by atoms with van der Waals surface area (Å²) in [6.07, 6.45) is 3.72. The summed E-state index contributed by atoms with van der Waals surface area (Å²) in [5.41, 5.74) is 2.31. The van der Waals surface area contributed by atoms with Gasteiger partial charge in [0.25, 0.3) is 10.0 Å². The van der Waals surface area contributed by atoms with Crippen LogP contribution in [0.5, 0.6) is 0 Å². The van der Waals surface area contributed by atoms with Crippen molar-refractivity contribution in [1.29, 1.82) is 0 Å². The number of amidine groups is 1. The number of aliphatic imine (C=N–C) groups is 1. The number of amides is 1. The summed E-state index contributed by atoms with van der Waals surface area (Å²) in [6.45, 7) is 2.62. The lowest BCUT2D eigenvalue weighted by atomic mass is 10.0. The van der Waals surface area contributed by atoms with Gasteiger partial charge in [0, 0.05) is 24.7 Å². The van der Waals surface area contributed by atoms with Gasteiger partial charge >= 0.3 is 0 Å². The van der Waals surface area contributed by atoms with Gasteiger partial charge in [-0.1, -0.05) is 43.3 Å². The average molecular weight is 398 g/mol. The van der Waals surface area contributed by atoms with E-state index in [-0.39, 0.29) is 10.8 Å². The van der Waals surface area contributed by atoms with Crippen molar-refractivity contribution < 1.29 is 13.2 Å². The van der Waals surface area contributed by atoms with Crippen LogP contribution in [0.2, 0.25) is 0 Å². The number of rotatable bonds is 6. The van der Waals surface area contributed by atoms with Crippen LogP contribution in [0.15, 0.2) is 70.6 Å². The Hall–Kier alpha value is -2.93. The van der Waals surface area contributed by atoms with Crippen molar-refractivity contribution in [3.63, 3.8) is 0 Å². The Morgan fingerprint density at radius 2 is 1.93 bits per heavy atom.